The van der Waals surface area contributed by atoms with Crippen LogP contribution in [-0.2, 0) is 0 Å². The molecule has 0 atom stereocenters. The van der Waals surface area contributed by atoms with E-state index >= 15 is 0 Å². The van der Waals surface area contributed by atoms with Gasteiger partial charge in [0.05, 0.1) is 11.2 Å². The summed E-state index contributed by atoms with van der Waals surface area (Å²) in [7, 11) is 0. The first-order valence-corrected chi connectivity index (χ1v) is 8.91. The molecule has 4 nitrogen and oxygen atoms in total. The molecule has 0 unspecified atom stereocenters. The third-order valence-electron chi connectivity index (χ3n) is 4.64. The molecule has 24 heavy (non-hydrogen) atoms. The zero-order chi connectivity index (χ0) is 16.4. The van der Waals surface area contributed by atoms with Crippen LogP contribution in [0.4, 0.5) is 5.69 Å². The van der Waals surface area contributed by atoms with Gasteiger partial charge in [0, 0.05) is 42.5 Å². The Kier molecular flexibility index (Phi) is 4.26. The van der Waals surface area contributed by atoms with E-state index in [0.717, 1.165) is 45.6 Å². The maximum absolute atomic E-state index is 5.68. The number of pyridine rings is 2. The van der Waals surface area contributed by atoms with Crippen molar-refractivity contribution in [3.63, 3.8) is 0 Å². The molecule has 1 aromatic carbocycles. The molecule has 5 heteroatoms. The molecule has 1 fully saturated rings. The van der Waals surface area contributed by atoms with Gasteiger partial charge < -0.3 is 10.2 Å². The van der Waals surface area contributed by atoms with Crippen LogP contribution in [0.25, 0.3) is 21.7 Å². The molecule has 4 rings (SSSR count). The van der Waals surface area contributed by atoms with Crippen molar-refractivity contribution in [2.75, 3.05) is 18.4 Å². The molecule has 0 saturated carbocycles. The maximum Gasteiger partial charge on any atom is 0.173 e. The lowest BCUT2D eigenvalue weighted by Gasteiger charge is -2.24. The second-order valence-electron chi connectivity index (χ2n) is 6.25. The van der Waals surface area contributed by atoms with Gasteiger partial charge in [0.25, 0.3) is 0 Å². The predicted molar refractivity (Wildman–Crippen MR) is 103 cm³/mol. The Bertz CT molecular complexity index is 885. The first-order valence-electron chi connectivity index (χ1n) is 8.50. The highest BCUT2D eigenvalue weighted by Crippen LogP contribution is 2.30. The molecule has 3 heterocycles. The minimum absolute atomic E-state index is 0.815. The second kappa shape index (κ2) is 6.69. The van der Waals surface area contributed by atoms with Crippen molar-refractivity contribution in [1.29, 1.82) is 0 Å². The van der Waals surface area contributed by atoms with Gasteiger partial charge in [0.1, 0.15) is 0 Å². The SMILES string of the molecule is S=C(Nc1cc2ccncc2c2ncccc12)N1CCCCCC1. The largest absolute Gasteiger partial charge is 0.349 e. The van der Waals surface area contributed by atoms with Gasteiger partial charge in [-0.25, -0.2) is 0 Å². The van der Waals surface area contributed by atoms with Crippen LogP contribution in [0.5, 0.6) is 0 Å². The van der Waals surface area contributed by atoms with E-state index in [1.54, 1.807) is 0 Å². The maximum atomic E-state index is 5.68. The molecule has 0 bridgehead atoms. The molecule has 1 aliphatic rings. The number of aromatic nitrogens is 2. The Morgan fingerprint density at radius 1 is 1.04 bits per heavy atom. The number of fused-ring (bicyclic) bond motifs is 3. The van der Waals surface area contributed by atoms with Crippen molar-refractivity contribution in [2.24, 2.45) is 0 Å². The summed E-state index contributed by atoms with van der Waals surface area (Å²) in [5.74, 6) is 0. The van der Waals surface area contributed by atoms with Crippen LogP contribution in [-0.4, -0.2) is 33.1 Å². The van der Waals surface area contributed by atoms with E-state index < -0.39 is 0 Å². The zero-order valence-corrected chi connectivity index (χ0v) is 14.4. The molecule has 122 valence electrons. The number of hydrogen-bond acceptors (Lipinski definition) is 3. The van der Waals surface area contributed by atoms with Crippen molar-refractivity contribution in [1.82, 2.24) is 14.9 Å². The Morgan fingerprint density at radius 3 is 2.71 bits per heavy atom. The van der Waals surface area contributed by atoms with Crippen molar-refractivity contribution in [2.45, 2.75) is 25.7 Å². The Morgan fingerprint density at radius 2 is 1.88 bits per heavy atom. The second-order valence-corrected chi connectivity index (χ2v) is 6.64. The van der Waals surface area contributed by atoms with Crippen LogP contribution < -0.4 is 5.32 Å². The molecular formula is C19H20N4S. The highest BCUT2D eigenvalue weighted by atomic mass is 32.1. The highest BCUT2D eigenvalue weighted by Gasteiger charge is 2.14. The lowest BCUT2D eigenvalue weighted by molar-refractivity contribution is 0.441. The summed E-state index contributed by atoms with van der Waals surface area (Å²) >= 11 is 5.68. The van der Waals surface area contributed by atoms with E-state index in [0.29, 0.717) is 0 Å². The average molecular weight is 336 g/mol. The third kappa shape index (κ3) is 2.91. The van der Waals surface area contributed by atoms with E-state index in [9.17, 15) is 0 Å². The van der Waals surface area contributed by atoms with Gasteiger partial charge in [0.2, 0.25) is 0 Å². The lowest BCUT2D eigenvalue weighted by atomic mass is 10.1. The molecule has 2 aromatic heterocycles. The Hall–Kier alpha value is -2.27. The molecule has 0 aliphatic carbocycles. The zero-order valence-electron chi connectivity index (χ0n) is 13.5. The van der Waals surface area contributed by atoms with Crippen LogP contribution in [0.2, 0.25) is 0 Å². The van der Waals surface area contributed by atoms with Gasteiger partial charge in [-0.3, -0.25) is 9.97 Å². The summed E-state index contributed by atoms with van der Waals surface area (Å²) in [6, 6.07) is 8.21. The molecule has 1 aliphatic heterocycles. The predicted octanol–water partition coefficient (Wildman–Crippen LogP) is 4.36. The Balaban J connectivity index is 1.73. The summed E-state index contributed by atoms with van der Waals surface area (Å²) in [4.78, 5) is 11.1. The summed E-state index contributed by atoms with van der Waals surface area (Å²) in [5, 5.41) is 7.56. The topological polar surface area (TPSA) is 41.1 Å². The average Bonchev–Trinajstić information content (AvgIpc) is 2.91. The van der Waals surface area contributed by atoms with E-state index in [-0.39, 0.29) is 0 Å². The molecule has 3 aromatic rings. The van der Waals surface area contributed by atoms with Crippen LogP contribution in [0.3, 0.4) is 0 Å². The summed E-state index contributed by atoms with van der Waals surface area (Å²) < 4.78 is 0. The number of benzene rings is 1. The third-order valence-corrected chi connectivity index (χ3v) is 5.00. The van der Waals surface area contributed by atoms with Crippen molar-refractivity contribution in [3.05, 3.63) is 42.9 Å². The monoisotopic (exact) mass is 336 g/mol. The summed E-state index contributed by atoms with van der Waals surface area (Å²) in [5.41, 5.74) is 1.98. The van der Waals surface area contributed by atoms with Gasteiger partial charge in [-0.1, -0.05) is 12.8 Å². The minimum atomic E-state index is 0.815. The number of thiocarbonyl (C=S) groups is 1. The van der Waals surface area contributed by atoms with E-state index in [1.165, 1.54) is 25.7 Å². The van der Waals surface area contributed by atoms with Gasteiger partial charge in [0.15, 0.2) is 5.11 Å². The van der Waals surface area contributed by atoms with Crippen LogP contribution in [0.1, 0.15) is 25.7 Å². The molecule has 0 radical (unpaired) electrons. The van der Waals surface area contributed by atoms with Crippen LogP contribution >= 0.6 is 12.2 Å². The van der Waals surface area contributed by atoms with Crippen molar-refractivity contribution < 1.29 is 0 Å². The molecule has 0 amide bonds. The number of anilines is 1. The summed E-state index contributed by atoms with van der Waals surface area (Å²) in [6.07, 6.45) is 10.5. The Labute approximate surface area is 146 Å². The molecule has 0 spiro atoms. The number of hydrogen-bond donors (Lipinski definition) is 1. The van der Waals surface area contributed by atoms with Gasteiger partial charge in [-0.15, -0.1) is 0 Å². The smallest absolute Gasteiger partial charge is 0.173 e. The molecular weight excluding hydrogens is 316 g/mol. The first kappa shape index (κ1) is 15.3. The van der Waals surface area contributed by atoms with Gasteiger partial charge >= 0.3 is 0 Å². The van der Waals surface area contributed by atoms with Crippen LogP contribution in [0, 0.1) is 0 Å². The first-order chi connectivity index (χ1) is 11.8. The summed E-state index contributed by atoms with van der Waals surface area (Å²) in [6.45, 7) is 2.08. The standard InChI is InChI=1S/C19H20N4S/c24-19(23-10-3-1-2-4-11-23)22-17-12-14-7-9-20-13-16(14)18-15(17)6-5-8-21-18/h5-9,12-13H,1-4,10-11H2,(H,22,24). The quantitative estimate of drug-likeness (QED) is 0.528. The minimum Gasteiger partial charge on any atom is -0.349 e. The number of rotatable bonds is 1. The normalized spacial score (nSPS) is 15.4. The van der Waals surface area contributed by atoms with Crippen LogP contribution in [0.15, 0.2) is 42.9 Å². The fraction of sp³-hybridized carbons (Fsp3) is 0.316. The molecule has 1 N–H and O–H groups in total. The fourth-order valence-corrected chi connectivity index (χ4v) is 3.66. The lowest BCUT2D eigenvalue weighted by Crippen LogP contribution is -2.35. The van der Waals surface area contributed by atoms with Gasteiger partial charge in [-0.2, -0.15) is 0 Å². The number of likely N-dealkylation sites (tertiary alicyclic amines) is 1. The van der Waals surface area contributed by atoms with E-state index in [2.05, 4.69) is 32.3 Å². The van der Waals surface area contributed by atoms with Gasteiger partial charge in [-0.05, 0) is 54.7 Å². The highest BCUT2D eigenvalue weighted by molar-refractivity contribution is 7.80. The molecule has 1 saturated heterocycles. The van der Waals surface area contributed by atoms with E-state index in [4.69, 9.17) is 12.2 Å². The number of nitrogens with zero attached hydrogens (tertiary/aromatic N) is 3. The van der Waals surface area contributed by atoms with Crippen molar-refractivity contribution >= 4 is 44.7 Å². The van der Waals surface area contributed by atoms with E-state index in [1.807, 2.05) is 30.7 Å². The van der Waals surface area contributed by atoms with Crippen molar-refractivity contribution in [3.8, 4) is 0 Å². The number of nitrogens with one attached hydrogen (secondary N) is 1. The fourth-order valence-electron chi connectivity index (χ4n) is 3.37.